The second-order valence-electron chi connectivity index (χ2n) is 7.36. The van der Waals surface area contributed by atoms with Crippen LogP contribution in [0.3, 0.4) is 0 Å². The number of aryl methyl sites for hydroxylation is 2. The van der Waals surface area contributed by atoms with Crippen molar-refractivity contribution in [3.05, 3.63) is 45.9 Å². The normalized spacial score (nSPS) is 17.0. The van der Waals surface area contributed by atoms with Gasteiger partial charge in [0.25, 0.3) is 0 Å². The zero-order chi connectivity index (χ0) is 18.8. The predicted molar refractivity (Wildman–Crippen MR) is 97.7 cm³/mol. The summed E-state index contributed by atoms with van der Waals surface area (Å²) in [6.07, 6.45) is 2.98. The number of benzene rings is 1. The van der Waals surface area contributed by atoms with Gasteiger partial charge in [-0.25, -0.2) is 13.9 Å². The molecule has 1 aromatic carbocycles. The lowest BCUT2D eigenvalue weighted by atomic mass is 10.1. The molecule has 0 saturated heterocycles. The third kappa shape index (κ3) is 3.71. The van der Waals surface area contributed by atoms with Crippen LogP contribution in [0.25, 0.3) is 0 Å². The molecule has 26 heavy (non-hydrogen) atoms. The Morgan fingerprint density at radius 3 is 2.85 bits per heavy atom. The number of halogens is 1. The van der Waals surface area contributed by atoms with Gasteiger partial charge < -0.3 is 5.32 Å². The smallest absolute Gasteiger partial charge is 0.324 e. The van der Waals surface area contributed by atoms with Crippen molar-refractivity contribution >= 4 is 11.6 Å². The van der Waals surface area contributed by atoms with Gasteiger partial charge in [-0.15, -0.1) is 0 Å². The van der Waals surface area contributed by atoms with Gasteiger partial charge in [0.2, 0.25) is 5.91 Å². The van der Waals surface area contributed by atoms with Gasteiger partial charge in [-0.1, -0.05) is 26.3 Å². The van der Waals surface area contributed by atoms with E-state index in [0.29, 0.717) is 36.5 Å². The van der Waals surface area contributed by atoms with E-state index in [9.17, 15) is 14.0 Å². The van der Waals surface area contributed by atoms with E-state index >= 15 is 0 Å². The Labute approximate surface area is 152 Å². The summed E-state index contributed by atoms with van der Waals surface area (Å²) in [6.45, 7) is 6.23. The summed E-state index contributed by atoms with van der Waals surface area (Å²) in [6, 6.07) is 3.97. The quantitative estimate of drug-likeness (QED) is 0.911. The fraction of sp³-hybridized carbons (Fsp3) is 0.526. The summed E-state index contributed by atoms with van der Waals surface area (Å²) in [5.74, 6) is 0.270. The van der Waals surface area contributed by atoms with Crippen LogP contribution in [0.5, 0.6) is 0 Å². The maximum atomic E-state index is 13.7. The van der Waals surface area contributed by atoms with Crippen molar-refractivity contribution in [1.29, 1.82) is 0 Å². The zero-order valence-electron chi connectivity index (χ0n) is 15.5. The number of hydrogen-bond acceptors (Lipinski definition) is 3. The summed E-state index contributed by atoms with van der Waals surface area (Å²) < 4.78 is 16.7. The molecule has 1 amide bonds. The standard InChI is InChI=1S/C19H25FN4O2/c1-12(2)11-23-19(26)24-16(6-4-5-7-17(24)22-23)18(25)21-14-9-8-13(3)15(20)10-14/h8-10,12,16H,4-7,11H2,1-3H3,(H,21,25). The van der Waals surface area contributed by atoms with Crippen LogP contribution in [0, 0.1) is 18.7 Å². The number of carbonyl (C=O) groups is 1. The van der Waals surface area contributed by atoms with Crippen molar-refractivity contribution in [1.82, 2.24) is 14.3 Å². The molecule has 0 aliphatic carbocycles. The van der Waals surface area contributed by atoms with Crippen LogP contribution in [-0.4, -0.2) is 20.3 Å². The minimum Gasteiger partial charge on any atom is -0.324 e. The number of nitrogens with zero attached hydrogens (tertiary/aromatic N) is 3. The minimum absolute atomic E-state index is 0.245. The molecule has 1 unspecified atom stereocenters. The van der Waals surface area contributed by atoms with Gasteiger partial charge in [-0.2, -0.15) is 5.10 Å². The summed E-state index contributed by atoms with van der Waals surface area (Å²) in [7, 11) is 0. The average Bonchev–Trinajstić information content (AvgIpc) is 2.75. The summed E-state index contributed by atoms with van der Waals surface area (Å²) >= 11 is 0. The first-order valence-corrected chi connectivity index (χ1v) is 9.12. The van der Waals surface area contributed by atoms with E-state index < -0.39 is 6.04 Å². The van der Waals surface area contributed by atoms with Crippen LogP contribution in [0.2, 0.25) is 0 Å². The van der Waals surface area contributed by atoms with Crippen LogP contribution in [-0.2, 0) is 17.8 Å². The molecule has 0 spiro atoms. The highest BCUT2D eigenvalue weighted by atomic mass is 19.1. The molecule has 140 valence electrons. The Bertz CT molecular complexity index is 869. The Balaban J connectivity index is 1.90. The molecule has 2 aromatic rings. The second kappa shape index (κ2) is 7.43. The highest BCUT2D eigenvalue weighted by molar-refractivity contribution is 5.93. The van der Waals surface area contributed by atoms with Gasteiger partial charge >= 0.3 is 5.69 Å². The minimum atomic E-state index is -0.620. The maximum absolute atomic E-state index is 13.7. The molecule has 1 aliphatic heterocycles. The number of anilines is 1. The van der Waals surface area contributed by atoms with Crippen molar-refractivity contribution in [2.75, 3.05) is 5.32 Å². The van der Waals surface area contributed by atoms with E-state index in [0.717, 1.165) is 12.8 Å². The summed E-state index contributed by atoms with van der Waals surface area (Å²) in [5.41, 5.74) is 0.670. The van der Waals surface area contributed by atoms with Crippen LogP contribution in [0.1, 0.15) is 50.5 Å². The van der Waals surface area contributed by atoms with E-state index in [1.807, 2.05) is 13.8 Å². The Kier molecular flexibility index (Phi) is 5.25. The summed E-state index contributed by atoms with van der Waals surface area (Å²) in [4.78, 5) is 25.6. The topological polar surface area (TPSA) is 68.9 Å². The lowest BCUT2D eigenvalue weighted by Crippen LogP contribution is -2.35. The third-order valence-electron chi connectivity index (χ3n) is 4.66. The molecule has 1 N–H and O–H groups in total. The van der Waals surface area contributed by atoms with Crippen LogP contribution in [0.4, 0.5) is 10.1 Å². The van der Waals surface area contributed by atoms with Crippen molar-refractivity contribution < 1.29 is 9.18 Å². The van der Waals surface area contributed by atoms with E-state index in [4.69, 9.17) is 0 Å². The Morgan fingerprint density at radius 1 is 1.38 bits per heavy atom. The van der Waals surface area contributed by atoms with E-state index in [1.54, 1.807) is 19.1 Å². The first-order chi connectivity index (χ1) is 12.4. The first-order valence-electron chi connectivity index (χ1n) is 9.12. The molecule has 3 rings (SSSR count). The maximum Gasteiger partial charge on any atom is 0.346 e. The van der Waals surface area contributed by atoms with Crippen molar-refractivity contribution in [3.63, 3.8) is 0 Å². The number of aromatic nitrogens is 3. The highest BCUT2D eigenvalue weighted by Crippen LogP contribution is 2.23. The molecular formula is C19H25FN4O2. The molecular weight excluding hydrogens is 335 g/mol. The van der Waals surface area contributed by atoms with Gasteiger partial charge in [0.1, 0.15) is 17.7 Å². The van der Waals surface area contributed by atoms with Crippen molar-refractivity contribution in [3.8, 4) is 0 Å². The molecule has 0 saturated carbocycles. The van der Waals surface area contributed by atoms with E-state index in [1.165, 1.54) is 15.3 Å². The number of carbonyl (C=O) groups excluding carboxylic acids is 1. The van der Waals surface area contributed by atoms with Crippen LogP contribution >= 0.6 is 0 Å². The molecule has 1 aromatic heterocycles. The van der Waals surface area contributed by atoms with Crippen LogP contribution < -0.4 is 11.0 Å². The second-order valence-corrected chi connectivity index (χ2v) is 7.36. The molecule has 1 atom stereocenters. The number of fused-ring (bicyclic) bond motifs is 1. The van der Waals surface area contributed by atoms with Gasteiger partial charge in [0.05, 0.1) is 0 Å². The molecule has 0 fully saturated rings. The number of rotatable bonds is 4. The molecule has 0 bridgehead atoms. The van der Waals surface area contributed by atoms with Gasteiger partial charge in [0, 0.05) is 18.7 Å². The zero-order valence-corrected chi connectivity index (χ0v) is 15.5. The largest absolute Gasteiger partial charge is 0.346 e. The third-order valence-corrected chi connectivity index (χ3v) is 4.66. The van der Waals surface area contributed by atoms with Gasteiger partial charge in [0.15, 0.2) is 0 Å². The summed E-state index contributed by atoms with van der Waals surface area (Å²) in [5, 5.41) is 7.19. The monoisotopic (exact) mass is 360 g/mol. The van der Waals surface area contributed by atoms with Crippen molar-refractivity contribution in [2.45, 2.75) is 59.0 Å². The fourth-order valence-electron chi connectivity index (χ4n) is 3.31. The molecule has 7 heteroatoms. The fourth-order valence-corrected chi connectivity index (χ4v) is 3.31. The Morgan fingerprint density at radius 2 is 2.15 bits per heavy atom. The van der Waals surface area contributed by atoms with Gasteiger partial charge in [-0.3, -0.25) is 9.36 Å². The van der Waals surface area contributed by atoms with Crippen molar-refractivity contribution in [2.24, 2.45) is 5.92 Å². The number of amides is 1. The molecule has 2 heterocycles. The van der Waals surface area contributed by atoms with Gasteiger partial charge in [-0.05, 0) is 43.4 Å². The average molecular weight is 360 g/mol. The van der Waals surface area contributed by atoms with E-state index in [2.05, 4.69) is 10.4 Å². The van der Waals surface area contributed by atoms with Crippen LogP contribution in [0.15, 0.2) is 23.0 Å². The predicted octanol–water partition coefficient (Wildman–Crippen LogP) is 3.05. The Hall–Kier alpha value is -2.44. The lowest BCUT2D eigenvalue weighted by Gasteiger charge is -2.17. The van der Waals surface area contributed by atoms with E-state index in [-0.39, 0.29) is 23.3 Å². The molecule has 6 nitrogen and oxygen atoms in total. The first kappa shape index (κ1) is 18.4. The number of hydrogen-bond donors (Lipinski definition) is 1. The molecule has 1 aliphatic rings. The molecule has 0 radical (unpaired) electrons. The SMILES string of the molecule is Cc1ccc(NC(=O)C2CCCCc3nn(CC(C)C)c(=O)n32)cc1F. The highest BCUT2D eigenvalue weighted by Gasteiger charge is 2.29. The lowest BCUT2D eigenvalue weighted by molar-refractivity contribution is -0.119. The number of nitrogens with one attached hydrogen (secondary N) is 1.